The Balaban J connectivity index is 1.29. The van der Waals surface area contributed by atoms with E-state index in [9.17, 15) is 4.79 Å². The second-order valence-corrected chi connectivity index (χ2v) is 10.9. The summed E-state index contributed by atoms with van der Waals surface area (Å²) in [4.78, 5) is 18.3. The molecule has 1 amide bonds. The van der Waals surface area contributed by atoms with Crippen molar-refractivity contribution in [3.05, 3.63) is 105 Å². The van der Waals surface area contributed by atoms with Gasteiger partial charge in [-0.15, -0.1) is 10.2 Å². The lowest BCUT2D eigenvalue weighted by molar-refractivity contribution is -0.121. The third kappa shape index (κ3) is 5.14. The zero-order valence-electron chi connectivity index (χ0n) is 21.8. The Labute approximate surface area is 244 Å². The van der Waals surface area contributed by atoms with Gasteiger partial charge in [0.25, 0.3) is 0 Å². The number of nitrogens with zero attached hydrogens (tertiary/aromatic N) is 4. The molecule has 40 heavy (non-hydrogen) atoms. The van der Waals surface area contributed by atoms with Gasteiger partial charge in [-0.25, -0.2) is 0 Å². The van der Waals surface area contributed by atoms with E-state index in [0.717, 1.165) is 43.7 Å². The number of nitrogens with one attached hydrogen (secondary N) is 1. The van der Waals surface area contributed by atoms with Gasteiger partial charge in [0.05, 0.1) is 24.9 Å². The summed E-state index contributed by atoms with van der Waals surface area (Å²) in [6, 6.07) is 20.7. The van der Waals surface area contributed by atoms with Crippen LogP contribution >= 0.6 is 27.5 Å². The highest BCUT2D eigenvalue weighted by molar-refractivity contribution is 9.10. The molecule has 1 N–H and O–H groups in total. The number of halogens is 2. The van der Waals surface area contributed by atoms with Crippen molar-refractivity contribution in [3.63, 3.8) is 0 Å². The third-order valence-corrected chi connectivity index (χ3v) is 7.60. The van der Waals surface area contributed by atoms with Crippen molar-refractivity contribution in [2.75, 3.05) is 13.7 Å². The van der Waals surface area contributed by atoms with E-state index in [-0.39, 0.29) is 12.3 Å². The number of hydrogen-bond acceptors (Lipinski definition) is 6. The number of carbonyl (C=O) groups is 1. The number of aromatic nitrogens is 3. The maximum atomic E-state index is 13.2. The minimum atomic E-state index is -0.561. The quantitative estimate of drug-likeness (QED) is 0.228. The van der Waals surface area contributed by atoms with Crippen molar-refractivity contribution in [3.8, 4) is 11.4 Å². The second kappa shape index (κ2) is 10.9. The minimum absolute atomic E-state index is 0.105. The molecule has 2 aromatic heterocycles. The monoisotopic (exact) mass is 617 g/mol. The van der Waals surface area contributed by atoms with Crippen molar-refractivity contribution >= 4 is 50.1 Å². The van der Waals surface area contributed by atoms with E-state index in [1.165, 1.54) is 0 Å². The Morgan fingerprint density at radius 3 is 2.73 bits per heavy atom. The Morgan fingerprint density at radius 1 is 1.10 bits per heavy atom. The van der Waals surface area contributed by atoms with E-state index in [1.54, 1.807) is 7.11 Å². The van der Waals surface area contributed by atoms with Crippen molar-refractivity contribution in [2.24, 2.45) is 4.99 Å². The number of methoxy groups -OCH3 is 1. The zero-order chi connectivity index (χ0) is 27.8. The zero-order valence-corrected chi connectivity index (χ0v) is 24.2. The van der Waals surface area contributed by atoms with Gasteiger partial charge in [0.15, 0.2) is 5.82 Å². The lowest BCUT2D eigenvalue weighted by Gasteiger charge is -2.14. The molecule has 0 radical (unpaired) electrons. The highest BCUT2D eigenvalue weighted by Gasteiger charge is 2.30. The number of amides is 1. The molecular formula is C30H25BrClN5O3. The van der Waals surface area contributed by atoms with E-state index >= 15 is 0 Å². The van der Waals surface area contributed by atoms with Crippen LogP contribution in [0.1, 0.15) is 41.0 Å². The summed E-state index contributed by atoms with van der Waals surface area (Å²) in [5, 5.41) is 13.4. The average Bonchev–Trinajstić information content (AvgIpc) is 3.50. The molecule has 0 bridgehead atoms. The molecule has 1 aliphatic heterocycles. The summed E-state index contributed by atoms with van der Waals surface area (Å²) in [6.45, 7) is 2.32. The molecule has 10 heteroatoms. The predicted molar refractivity (Wildman–Crippen MR) is 158 cm³/mol. The SMILES string of the molecule is COc1ccc2c(c1)C(c1ccc(Cl)cc1)=N[C@@H](CC(=O)NCCc1cc3ccc(Br)cc3o1)c1nnc(C)n1-2. The summed E-state index contributed by atoms with van der Waals surface area (Å²) in [5.74, 6) is 2.67. The van der Waals surface area contributed by atoms with Crippen molar-refractivity contribution < 1.29 is 13.9 Å². The average molecular weight is 619 g/mol. The fourth-order valence-corrected chi connectivity index (χ4v) is 5.40. The van der Waals surface area contributed by atoms with Crippen LogP contribution < -0.4 is 10.1 Å². The van der Waals surface area contributed by atoms with E-state index in [4.69, 9.17) is 25.7 Å². The molecule has 0 spiro atoms. The van der Waals surface area contributed by atoms with E-state index < -0.39 is 6.04 Å². The molecule has 0 aliphatic carbocycles. The molecular weight excluding hydrogens is 594 g/mol. The number of carbonyl (C=O) groups excluding carboxylic acids is 1. The second-order valence-electron chi connectivity index (χ2n) is 9.52. The first-order chi connectivity index (χ1) is 19.4. The molecule has 202 valence electrons. The van der Waals surface area contributed by atoms with Crippen LogP contribution in [0.2, 0.25) is 5.02 Å². The van der Waals surface area contributed by atoms with Crippen LogP contribution in [0.15, 0.2) is 80.6 Å². The van der Waals surface area contributed by atoms with E-state index in [1.807, 2.05) is 78.2 Å². The summed E-state index contributed by atoms with van der Waals surface area (Å²) in [5.41, 5.74) is 4.12. The summed E-state index contributed by atoms with van der Waals surface area (Å²) in [7, 11) is 1.63. The molecule has 0 saturated carbocycles. The number of fused-ring (bicyclic) bond motifs is 4. The van der Waals surface area contributed by atoms with Crippen LogP contribution in [0.5, 0.6) is 5.75 Å². The van der Waals surface area contributed by atoms with Gasteiger partial charge in [-0.1, -0.05) is 39.7 Å². The van der Waals surface area contributed by atoms with Crippen LogP contribution in [0.25, 0.3) is 16.7 Å². The third-order valence-electron chi connectivity index (χ3n) is 6.86. The smallest absolute Gasteiger partial charge is 0.222 e. The van der Waals surface area contributed by atoms with Crippen molar-refractivity contribution in [1.82, 2.24) is 20.1 Å². The lowest BCUT2D eigenvalue weighted by atomic mass is 10.00. The number of aliphatic imine (C=N–C) groups is 1. The van der Waals surface area contributed by atoms with Crippen molar-refractivity contribution in [1.29, 1.82) is 0 Å². The maximum Gasteiger partial charge on any atom is 0.222 e. The molecule has 0 fully saturated rings. The fourth-order valence-electron chi connectivity index (χ4n) is 4.93. The van der Waals surface area contributed by atoms with Gasteiger partial charge in [0.2, 0.25) is 5.91 Å². The molecule has 0 unspecified atom stereocenters. The Morgan fingerprint density at radius 2 is 1.93 bits per heavy atom. The highest BCUT2D eigenvalue weighted by atomic mass is 79.9. The van der Waals surface area contributed by atoms with Gasteiger partial charge < -0.3 is 14.5 Å². The van der Waals surface area contributed by atoms with Gasteiger partial charge >= 0.3 is 0 Å². The van der Waals surface area contributed by atoms with Gasteiger partial charge in [0, 0.05) is 39.0 Å². The number of rotatable bonds is 7. The molecule has 1 atom stereocenters. The topological polar surface area (TPSA) is 94.5 Å². The van der Waals surface area contributed by atoms with Crippen LogP contribution in [0.3, 0.4) is 0 Å². The van der Waals surface area contributed by atoms with Crippen molar-refractivity contribution in [2.45, 2.75) is 25.8 Å². The van der Waals surface area contributed by atoms with Crippen LogP contribution in [0, 0.1) is 6.92 Å². The number of furan rings is 1. The normalized spacial score (nSPS) is 14.3. The standard InChI is InChI=1S/C30H25BrClN5O3/c1-17-35-36-30-25(16-28(38)33-12-11-23-13-19-3-6-20(31)14-27(19)40-23)34-29(18-4-7-21(32)8-5-18)24-15-22(39-2)9-10-26(24)37(17)30/h3-10,13-15,25H,11-12,16H2,1-2H3,(H,33,38)/t25-/m0/s1. The Bertz CT molecular complexity index is 1760. The summed E-state index contributed by atoms with van der Waals surface area (Å²) in [6.07, 6.45) is 0.677. The van der Waals surface area contributed by atoms with Gasteiger partial charge in [-0.3, -0.25) is 14.4 Å². The maximum absolute atomic E-state index is 13.2. The number of ether oxygens (including phenoxy) is 1. The number of aryl methyl sites for hydroxylation is 1. The van der Waals surface area contributed by atoms with Crippen LogP contribution in [-0.2, 0) is 11.2 Å². The Hall–Kier alpha value is -3.95. The molecule has 8 nitrogen and oxygen atoms in total. The Kier molecular flexibility index (Phi) is 7.16. The van der Waals surface area contributed by atoms with E-state index in [0.29, 0.717) is 35.4 Å². The number of benzene rings is 3. The summed E-state index contributed by atoms with van der Waals surface area (Å²) >= 11 is 9.65. The van der Waals surface area contributed by atoms with Gasteiger partial charge in [-0.05, 0) is 61.5 Å². The first kappa shape index (κ1) is 26.3. The molecule has 0 saturated heterocycles. The lowest BCUT2D eigenvalue weighted by Crippen LogP contribution is -2.27. The van der Waals surface area contributed by atoms with E-state index in [2.05, 4.69) is 31.4 Å². The van der Waals surface area contributed by atoms with Gasteiger partial charge in [0.1, 0.15) is 29.0 Å². The number of hydrogen-bond donors (Lipinski definition) is 1. The van der Waals surface area contributed by atoms with Crippen LogP contribution in [-0.4, -0.2) is 40.0 Å². The molecule has 3 heterocycles. The molecule has 1 aliphatic rings. The first-order valence-electron chi connectivity index (χ1n) is 12.8. The highest BCUT2D eigenvalue weighted by Crippen LogP contribution is 2.34. The van der Waals surface area contributed by atoms with Gasteiger partial charge in [-0.2, -0.15) is 0 Å². The van der Waals surface area contributed by atoms with Crippen LogP contribution in [0.4, 0.5) is 0 Å². The minimum Gasteiger partial charge on any atom is -0.497 e. The summed E-state index contributed by atoms with van der Waals surface area (Å²) < 4.78 is 14.4. The molecule has 5 aromatic rings. The fraction of sp³-hybridized carbons (Fsp3) is 0.200. The largest absolute Gasteiger partial charge is 0.497 e. The molecule has 6 rings (SSSR count). The predicted octanol–water partition coefficient (Wildman–Crippen LogP) is 6.39. The first-order valence-corrected chi connectivity index (χ1v) is 14.0. The molecule has 3 aromatic carbocycles.